The summed E-state index contributed by atoms with van der Waals surface area (Å²) in [6.45, 7) is 0. The summed E-state index contributed by atoms with van der Waals surface area (Å²) >= 11 is 0. The second-order valence-corrected chi connectivity index (χ2v) is 5.23. The molecule has 4 heteroatoms. The van der Waals surface area contributed by atoms with Gasteiger partial charge < -0.3 is 16.2 Å². The van der Waals surface area contributed by atoms with Crippen molar-refractivity contribution < 1.29 is 5.11 Å². The summed E-state index contributed by atoms with van der Waals surface area (Å²) < 4.78 is 0. The SMILES string of the molecule is Nc1c(NC2CCCCC2O)ccc2cnccc12. The Morgan fingerprint density at radius 3 is 2.89 bits per heavy atom. The number of benzene rings is 1. The first-order chi connectivity index (χ1) is 9.25. The molecule has 1 aromatic heterocycles. The molecule has 2 atom stereocenters. The van der Waals surface area contributed by atoms with Crippen LogP contribution in [0.1, 0.15) is 25.7 Å². The van der Waals surface area contributed by atoms with Gasteiger partial charge in [-0.2, -0.15) is 0 Å². The molecule has 3 rings (SSSR count). The van der Waals surface area contributed by atoms with Crippen LogP contribution in [0.15, 0.2) is 30.6 Å². The van der Waals surface area contributed by atoms with E-state index in [1.54, 1.807) is 6.20 Å². The molecule has 1 aromatic carbocycles. The molecule has 0 saturated heterocycles. The van der Waals surface area contributed by atoms with Gasteiger partial charge in [0.05, 0.1) is 23.5 Å². The van der Waals surface area contributed by atoms with Crippen molar-refractivity contribution in [1.29, 1.82) is 0 Å². The van der Waals surface area contributed by atoms with E-state index in [2.05, 4.69) is 10.3 Å². The molecule has 2 unspecified atom stereocenters. The van der Waals surface area contributed by atoms with Crippen LogP contribution in [0, 0.1) is 0 Å². The molecule has 0 spiro atoms. The van der Waals surface area contributed by atoms with Crippen molar-refractivity contribution in [3.8, 4) is 0 Å². The third-order valence-electron chi connectivity index (χ3n) is 3.93. The third kappa shape index (κ3) is 2.36. The normalized spacial score (nSPS) is 23.4. The Kier molecular flexibility index (Phi) is 3.25. The summed E-state index contributed by atoms with van der Waals surface area (Å²) in [5.74, 6) is 0. The number of hydrogen-bond acceptors (Lipinski definition) is 4. The second kappa shape index (κ2) is 5.05. The zero-order valence-corrected chi connectivity index (χ0v) is 10.8. The molecule has 19 heavy (non-hydrogen) atoms. The predicted molar refractivity (Wildman–Crippen MR) is 78.0 cm³/mol. The fraction of sp³-hybridized carbons (Fsp3) is 0.400. The van der Waals surface area contributed by atoms with Gasteiger partial charge in [0, 0.05) is 23.2 Å². The first-order valence-electron chi connectivity index (χ1n) is 6.82. The number of pyridine rings is 1. The zero-order valence-electron chi connectivity index (χ0n) is 10.8. The van der Waals surface area contributed by atoms with E-state index in [0.29, 0.717) is 0 Å². The molecule has 2 aromatic rings. The number of aromatic nitrogens is 1. The Balaban J connectivity index is 1.90. The number of anilines is 2. The van der Waals surface area contributed by atoms with Gasteiger partial charge in [0.2, 0.25) is 0 Å². The average Bonchev–Trinajstić information content (AvgIpc) is 2.44. The molecule has 0 bridgehead atoms. The van der Waals surface area contributed by atoms with Gasteiger partial charge in [0.1, 0.15) is 0 Å². The molecule has 1 heterocycles. The molecule has 4 nitrogen and oxygen atoms in total. The van der Waals surface area contributed by atoms with Crippen LogP contribution in [-0.2, 0) is 0 Å². The van der Waals surface area contributed by atoms with Crippen molar-refractivity contribution in [2.75, 3.05) is 11.1 Å². The highest BCUT2D eigenvalue weighted by Gasteiger charge is 2.23. The third-order valence-corrected chi connectivity index (χ3v) is 3.93. The van der Waals surface area contributed by atoms with Crippen molar-refractivity contribution in [3.63, 3.8) is 0 Å². The summed E-state index contributed by atoms with van der Waals surface area (Å²) in [5, 5.41) is 15.5. The van der Waals surface area contributed by atoms with Crippen molar-refractivity contribution in [2.24, 2.45) is 0 Å². The molecule has 4 N–H and O–H groups in total. The number of aliphatic hydroxyl groups excluding tert-OH is 1. The van der Waals surface area contributed by atoms with Crippen LogP contribution in [-0.4, -0.2) is 22.2 Å². The number of nitrogens with zero attached hydrogens (tertiary/aromatic N) is 1. The Morgan fingerprint density at radius 1 is 1.21 bits per heavy atom. The van der Waals surface area contributed by atoms with Crippen LogP contribution in [0.25, 0.3) is 10.8 Å². The summed E-state index contributed by atoms with van der Waals surface area (Å²) in [4.78, 5) is 4.10. The zero-order chi connectivity index (χ0) is 13.2. The number of nitrogens with two attached hydrogens (primary N) is 1. The lowest BCUT2D eigenvalue weighted by Gasteiger charge is -2.29. The summed E-state index contributed by atoms with van der Waals surface area (Å²) in [7, 11) is 0. The van der Waals surface area contributed by atoms with Gasteiger partial charge in [-0.25, -0.2) is 0 Å². The van der Waals surface area contributed by atoms with Crippen molar-refractivity contribution >= 4 is 22.1 Å². The van der Waals surface area contributed by atoms with Gasteiger partial charge in [-0.15, -0.1) is 0 Å². The molecule has 1 saturated carbocycles. The van der Waals surface area contributed by atoms with Gasteiger partial charge in [-0.3, -0.25) is 4.98 Å². The molecule has 0 amide bonds. The van der Waals surface area contributed by atoms with Crippen LogP contribution in [0.5, 0.6) is 0 Å². The van der Waals surface area contributed by atoms with E-state index in [0.717, 1.165) is 47.8 Å². The molecule has 1 fully saturated rings. The van der Waals surface area contributed by atoms with E-state index in [-0.39, 0.29) is 12.1 Å². The lowest BCUT2D eigenvalue weighted by Crippen LogP contribution is -2.36. The number of aliphatic hydroxyl groups is 1. The number of fused-ring (bicyclic) bond motifs is 1. The maximum Gasteiger partial charge on any atom is 0.0741 e. The smallest absolute Gasteiger partial charge is 0.0741 e. The maximum absolute atomic E-state index is 10.0. The molecule has 1 aliphatic carbocycles. The standard InChI is InChI=1S/C15H19N3O/c16-15-11-7-8-17-9-10(11)5-6-13(15)18-12-3-1-2-4-14(12)19/h5-9,12,14,18-19H,1-4,16H2. The van der Waals surface area contributed by atoms with Gasteiger partial charge in [-0.05, 0) is 25.0 Å². The van der Waals surface area contributed by atoms with E-state index < -0.39 is 0 Å². The van der Waals surface area contributed by atoms with E-state index >= 15 is 0 Å². The van der Waals surface area contributed by atoms with Crippen molar-refractivity contribution in [1.82, 2.24) is 4.98 Å². The highest BCUT2D eigenvalue weighted by molar-refractivity contribution is 5.98. The molecule has 1 aliphatic rings. The van der Waals surface area contributed by atoms with E-state index in [4.69, 9.17) is 5.73 Å². The second-order valence-electron chi connectivity index (χ2n) is 5.23. The topological polar surface area (TPSA) is 71.2 Å². The largest absolute Gasteiger partial charge is 0.397 e. The minimum Gasteiger partial charge on any atom is -0.397 e. The minimum absolute atomic E-state index is 0.107. The number of hydrogen-bond donors (Lipinski definition) is 3. The predicted octanol–water partition coefficient (Wildman–Crippen LogP) is 2.53. The minimum atomic E-state index is -0.277. The van der Waals surface area contributed by atoms with Crippen LogP contribution in [0.2, 0.25) is 0 Å². The maximum atomic E-state index is 10.0. The van der Waals surface area contributed by atoms with Crippen LogP contribution in [0.4, 0.5) is 11.4 Å². The highest BCUT2D eigenvalue weighted by Crippen LogP contribution is 2.30. The quantitative estimate of drug-likeness (QED) is 0.723. The fourth-order valence-electron chi connectivity index (χ4n) is 2.80. The molecule has 0 radical (unpaired) electrons. The van der Waals surface area contributed by atoms with Gasteiger partial charge >= 0.3 is 0 Å². The van der Waals surface area contributed by atoms with Crippen LogP contribution < -0.4 is 11.1 Å². The Bertz CT molecular complexity index is 585. The summed E-state index contributed by atoms with van der Waals surface area (Å²) in [6, 6.07) is 6.01. The summed E-state index contributed by atoms with van der Waals surface area (Å²) in [5.41, 5.74) is 7.85. The first-order valence-corrected chi connectivity index (χ1v) is 6.82. The van der Waals surface area contributed by atoms with Crippen molar-refractivity contribution in [3.05, 3.63) is 30.6 Å². The van der Waals surface area contributed by atoms with Gasteiger partial charge in [-0.1, -0.05) is 18.9 Å². The monoisotopic (exact) mass is 257 g/mol. The lowest BCUT2D eigenvalue weighted by molar-refractivity contribution is 0.116. The molecular formula is C15H19N3O. The van der Waals surface area contributed by atoms with Gasteiger partial charge in [0.15, 0.2) is 0 Å². The van der Waals surface area contributed by atoms with Crippen LogP contribution >= 0.6 is 0 Å². The summed E-state index contributed by atoms with van der Waals surface area (Å²) in [6.07, 6.45) is 7.42. The highest BCUT2D eigenvalue weighted by atomic mass is 16.3. The van der Waals surface area contributed by atoms with Crippen LogP contribution in [0.3, 0.4) is 0 Å². The van der Waals surface area contributed by atoms with Crippen molar-refractivity contribution in [2.45, 2.75) is 37.8 Å². The average molecular weight is 257 g/mol. The van der Waals surface area contributed by atoms with E-state index in [9.17, 15) is 5.11 Å². The Labute approximate surface area is 112 Å². The van der Waals surface area contributed by atoms with E-state index in [1.165, 1.54) is 0 Å². The molecule has 0 aliphatic heterocycles. The number of nitrogens with one attached hydrogen (secondary N) is 1. The number of rotatable bonds is 2. The Hall–Kier alpha value is -1.81. The molecular weight excluding hydrogens is 238 g/mol. The lowest BCUT2D eigenvalue weighted by atomic mass is 9.92. The van der Waals surface area contributed by atoms with Gasteiger partial charge in [0.25, 0.3) is 0 Å². The van der Waals surface area contributed by atoms with E-state index in [1.807, 2.05) is 24.4 Å². The number of nitrogen functional groups attached to an aromatic ring is 1. The molecule has 100 valence electrons. The fourth-order valence-corrected chi connectivity index (χ4v) is 2.80. The Morgan fingerprint density at radius 2 is 2.05 bits per heavy atom. The first kappa shape index (κ1) is 12.2.